The van der Waals surface area contributed by atoms with Crippen molar-refractivity contribution in [2.75, 3.05) is 0 Å². The first-order valence-corrected chi connectivity index (χ1v) is 15.6. The van der Waals surface area contributed by atoms with E-state index in [0.717, 1.165) is 44.4 Å². The number of hydrogen-bond donors (Lipinski definition) is 0. The molecule has 46 heavy (non-hydrogen) atoms. The van der Waals surface area contributed by atoms with Gasteiger partial charge in [-0.15, -0.1) is 0 Å². The number of aromatic nitrogens is 2. The molecule has 0 bridgehead atoms. The van der Waals surface area contributed by atoms with Crippen molar-refractivity contribution in [3.05, 3.63) is 204 Å². The van der Waals surface area contributed by atoms with Gasteiger partial charge in [0.1, 0.15) is 0 Å². The molecule has 0 aliphatic rings. The molecule has 0 radical (unpaired) electrons. The van der Waals surface area contributed by atoms with Crippen LogP contribution in [0.3, 0.4) is 0 Å². The number of rotatable bonds is 6. The molecule has 0 saturated heterocycles. The molecular formula is C44H30N2. The fraction of sp³-hybridized carbons (Fsp3) is 0. The Morgan fingerprint density at radius 3 is 1.35 bits per heavy atom. The smallest absolute Gasteiger partial charge is 0.0972 e. The molecule has 0 fully saturated rings. The Bertz CT molecular complexity index is 2260. The third-order valence-corrected chi connectivity index (χ3v) is 8.56. The van der Waals surface area contributed by atoms with Gasteiger partial charge >= 0.3 is 0 Å². The van der Waals surface area contributed by atoms with Crippen molar-refractivity contribution in [2.45, 2.75) is 0 Å². The van der Waals surface area contributed by atoms with Crippen LogP contribution in [-0.4, -0.2) is 9.97 Å². The van der Waals surface area contributed by atoms with Crippen LogP contribution >= 0.6 is 0 Å². The highest BCUT2D eigenvalue weighted by Crippen LogP contribution is 2.38. The SMILES string of the molecule is c1ccc(C(=C(c2ccccc2)c2ccc(-c3ccc(-c4nc5ccccc5c5ccccc45)nc3)cc2)c2ccccc2)cc1. The lowest BCUT2D eigenvalue weighted by molar-refractivity contribution is 1.29. The van der Waals surface area contributed by atoms with Crippen LogP contribution in [-0.2, 0) is 0 Å². The molecule has 216 valence electrons. The average Bonchev–Trinajstić information content (AvgIpc) is 3.15. The monoisotopic (exact) mass is 586 g/mol. The van der Waals surface area contributed by atoms with Crippen LogP contribution in [0.2, 0.25) is 0 Å². The minimum absolute atomic E-state index is 0.868. The number of hydrogen-bond acceptors (Lipinski definition) is 2. The Kier molecular flexibility index (Phi) is 7.22. The zero-order valence-electron chi connectivity index (χ0n) is 25.2. The van der Waals surface area contributed by atoms with Crippen molar-refractivity contribution >= 4 is 32.8 Å². The molecule has 0 N–H and O–H groups in total. The fourth-order valence-corrected chi connectivity index (χ4v) is 6.36. The summed E-state index contributed by atoms with van der Waals surface area (Å²) in [5, 5.41) is 3.46. The van der Waals surface area contributed by atoms with Gasteiger partial charge in [-0.05, 0) is 56.5 Å². The van der Waals surface area contributed by atoms with Crippen molar-refractivity contribution < 1.29 is 0 Å². The van der Waals surface area contributed by atoms with Crippen LogP contribution in [0.4, 0.5) is 0 Å². The predicted molar refractivity (Wildman–Crippen MR) is 192 cm³/mol. The standard InChI is InChI=1S/C44H30N2/c1-4-14-32(15-5-1)42(33-16-6-2-7-17-33)43(34-18-8-3-9-19-34)35-26-24-31(25-27-35)36-28-29-41(45-30-36)44-39-22-11-10-20-37(39)38-21-12-13-23-40(38)46-44/h1-30H. The van der Waals surface area contributed by atoms with Crippen molar-refractivity contribution in [1.82, 2.24) is 9.97 Å². The van der Waals surface area contributed by atoms with Crippen molar-refractivity contribution in [1.29, 1.82) is 0 Å². The Hall–Kier alpha value is -6.12. The Morgan fingerprint density at radius 2 is 0.804 bits per heavy atom. The van der Waals surface area contributed by atoms with Gasteiger partial charge in [-0.3, -0.25) is 4.98 Å². The summed E-state index contributed by atoms with van der Waals surface area (Å²) in [6.45, 7) is 0. The molecule has 0 unspecified atom stereocenters. The average molecular weight is 587 g/mol. The Labute approximate surface area is 269 Å². The van der Waals surface area contributed by atoms with Crippen LogP contribution in [0, 0.1) is 0 Å². The van der Waals surface area contributed by atoms with Crippen molar-refractivity contribution in [3.63, 3.8) is 0 Å². The van der Waals surface area contributed by atoms with Gasteiger partial charge in [0.15, 0.2) is 0 Å². The summed E-state index contributed by atoms with van der Waals surface area (Å²) < 4.78 is 0. The second-order valence-corrected chi connectivity index (χ2v) is 11.4. The van der Waals surface area contributed by atoms with E-state index < -0.39 is 0 Å². The summed E-state index contributed by atoms with van der Waals surface area (Å²) in [7, 11) is 0. The summed E-state index contributed by atoms with van der Waals surface area (Å²) in [6.07, 6.45) is 1.96. The van der Waals surface area contributed by atoms with Gasteiger partial charge in [-0.25, -0.2) is 4.98 Å². The summed E-state index contributed by atoms with van der Waals surface area (Å²) in [5.74, 6) is 0. The lowest BCUT2D eigenvalue weighted by Crippen LogP contribution is -1.97. The van der Waals surface area contributed by atoms with E-state index in [0.29, 0.717) is 0 Å². The molecule has 8 rings (SSSR count). The largest absolute Gasteiger partial charge is 0.254 e. The molecule has 0 spiro atoms. The maximum Gasteiger partial charge on any atom is 0.0972 e. The maximum atomic E-state index is 5.03. The van der Waals surface area contributed by atoms with Gasteiger partial charge < -0.3 is 0 Å². The second kappa shape index (κ2) is 12.1. The number of para-hydroxylation sites is 1. The molecule has 0 aliphatic heterocycles. The molecule has 2 aromatic heterocycles. The molecule has 0 aliphatic carbocycles. The van der Waals surface area contributed by atoms with Gasteiger partial charge in [0.05, 0.1) is 16.9 Å². The molecule has 2 heteroatoms. The molecule has 2 heterocycles. The Balaban J connectivity index is 1.21. The third kappa shape index (κ3) is 5.16. The molecule has 0 amide bonds. The third-order valence-electron chi connectivity index (χ3n) is 8.56. The molecule has 6 aromatic carbocycles. The van der Waals surface area contributed by atoms with Gasteiger partial charge in [0.25, 0.3) is 0 Å². The molecule has 2 nitrogen and oxygen atoms in total. The van der Waals surface area contributed by atoms with E-state index in [1.807, 2.05) is 12.3 Å². The van der Waals surface area contributed by atoms with E-state index in [1.54, 1.807) is 0 Å². The first-order chi connectivity index (χ1) is 22.8. The quantitative estimate of drug-likeness (QED) is 0.143. The fourth-order valence-electron chi connectivity index (χ4n) is 6.36. The number of nitrogens with zero attached hydrogens (tertiary/aromatic N) is 2. The zero-order valence-corrected chi connectivity index (χ0v) is 25.2. The topological polar surface area (TPSA) is 25.8 Å². The second-order valence-electron chi connectivity index (χ2n) is 11.4. The summed E-state index contributed by atoms with van der Waals surface area (Å²) >= 11 is 0. The lowest BCUT2D eigenvalue weighted by atomic mass is 9.85. The van der Waals surface area contributed by atoms with Crippen LogP contribution in [0.25, 0.3) is 55.3 Å². The van der Waals surface area contributed by atoms with Gasteiger partial charge in [-0.1, -0.05) is 164 Å². The Morgan fingerprint density at radius 1 is 0.348 bits per heavy atom. The van der Waals surface area contributed by atoms with E-state index in [9.17, 15) is 0 Å². The minimum Gasteiger partial charge on any atom is -0.254 e. The number of pyridine rings is 2. The lowest BCUT2D eigenvalue weighted by Gasteiger charge is -2.18. The molecule has 0 saturated carbocycles. The number of fused-ring (bicyclic) bond motifs is 3. The van der Waals surface area contributed by atoms with E-state index in [1.165, 1.54) is 33.2 Å². The van der Waals surface area contributed by atoms with E-state index in [-0.39, 0.29) is 0 Å². The van der Waals surface area contributed by atoms with Crippen molar-refractivity contribution in [2.24, 2.45) is 0 Å². The highest BCUT2D eigenvalue weighted by atomic mass is 14.8. The van der Waals surface area contributed by atoms with Gasteiger partial charge in [-0.2, -0.15) is 0 Å². The summed E-state index contributed by atoms with van der Waals surface area (Å²) in [4.78, 5) is 9.96. The summed E-state index contributed by atoms with van der Waals surface area (Å²) in [6, 6.07) is 61.9. The normalized spacial score (nSPS) is 11.0. The first-order valence-electron chi connectivity index (χ1n) is 15.6. The van der Waals surface area contributed by atoms with Crippen molar-refractivity contribution in [3.8, 4) is 22.5 Å². The first kappa shape index (κ1) is 27.4. The van der Waals surface area contributed by atoms with E-state index in [2.05, 4.69) is 170 Å². The minimum atomic E-state index is 0.868. The van der Waals surface area contributed by atoms with Crippen LogP contribution in [0.5, 0.6) is 0 Å². The van der Waals surface area contributed by atoms with Crippen LogP contribution in [0.1, 0.15) is 22.3 Å². The van der Waals surface area contributed by atoms with Gasteiger partial charge in [0.2, 0.25) is 0 Å². The zero-order chi connectivity index (χ0) is 30.7. The van der Waals surface area contributed by atoms with Crippen LogP contribution in [0.15, 0.2) is 182 Å². The maximum absolute atomic E-state index is 5.03. The number of benzene rings is 6. The highest BCUT2D eigenvalue weighted by molar-refractivity contribution is 6.10. The molecule has 8 aromatic rings. The molecular weight excluding hydrogens is 556 g/mol. The van der Waals surface area contributed by atoms with Gasteiger partial charge in [0, 0.05) is 22.5 Å². The van der Waals surface area contributed by atoms with Crippen LogP contribution < -0.4 is 0 Å². The molecule has 0 atom stereocenters. The van der Waals surface area contributed by atoms with E-state index in [4.69, 9.17) is 9.97 Å². The van der Waals surface area contributed by atoms with E-state index >= 15 is 0 Å². The summed E-state index contributed by atoms with van der Waals surface area (Å²) in [5.41, 5.74) is 12.1. The highest BCUT2D eigenvalue weighted by Gasteiger charge is 2.16. The predicted octanol–water partition coefficient (Wildman–Crippen LogP) is 11.1.